The summed E-state index contributed by atoms with van der Waals surface area (Å²) in [6.07, 6.45) is 5.28. The van der Waals surface area contributed by atoms with Crippen molar-refractivity contribution in [2.45, 2.75) is 25.4 Å². The van der Waals surface area contributed by atoms with E-state index in [-0.39, 0.29) is 0 Å². The smallest absolute Gasteiger partial charge is 0.0917 e. The molecular weight excluding hydrogens is 150 g/mol. The molecule has 12 heavy (non-hydrogen) atoms. The fourth-order valence-electron chi connectivity index (χ4n) is 1.71. The second-order valence-corrected chi connectivity index (χ2v) is 3.23. The molecule has 68 valence electrons. The van der Waals surface area contributed by atoms with E-state index in [0.717, 1.165) is 31.5 Å². The number of nitrogens with one attached hydrogen (secondary N) is 1. The van der Waals surface area contributed by atoms with Gasteiger partial charge in [-0.05, 0) is 38.4 Å². The highest BCUT2D eigenvalue weighted by Crippen LogP contribution is 2.27. The van der Waals surface area contributed by atoms with E-state index in [0.29, 0.717) is 0 Å². The minimum Gasteiger partial charge on any atom is -0.385 e. The van der Waals surface area contributed by atoms with Crippen molar-refractivity contribution in [2.75, 3.05) is 13.1 Å². The molecule has 2 nitrogen and oxygen atoms in total. The minimum absolute atomic E-state index is 0.623. The second kappa shape index (κ2) is 3.87. The van der Waals surface area contributed by atoms with Crippen molar-refractivity contribution in [3.8, 4) is 0 Å². The van der Waals surface area contributed by atoms with Crippen LogP contribution in [-0.4, -0.2) is 23.8 Å². The Kier molecular flexibility index (Phi) is 3.06. The Hall–Kier alpha value is -0.600. The summed E-state index contributed by atoms with van der Waals surface area (Å²) in [7, 11) is 0. The van der Waals surface area contributed by atoms with Gasteiger partial charge in [-0.1, -0.05) is 18.7 Å². The van der Waals surface area contributed by atoms with E-state index < -0.39 is 5.60 Å². The summed E-state index contributed by atoms with van der Waals surface area (Å²) in [5.74, 6) is 0. The highest BCUT2D eigenvalue weighted by atomic mass is 16.3. The maximum atomic E-state index is 10.2. The lowest BCUT2D eigenvalue weighted by Gasteiger charge is -2.33. The Morgan fingerprint density at radius 1 is 1.50 bits per heavy atom. The number of hydrogen-bond acceptors (Lipinski definition) is 2. The first-order chi connectivity index (χ1) is 5.73. The lowest BCUT2D eigenvalue weighted by Crippen LogP contribution is -2.42. The van der Waals surface area contributed by atoms with Gasteiger partial charge in [-0.3, -0.25) is 0 Å². The van der Waals surface area contributed by atoms with E-state index in [1.807, 2.05) is 13.0 Å². The maximum absolute atomic E-state index is 10.2. The topological polar surface area (TPSA) is 32.3 Å². The van der Waals surface area contributed by atoms with Crippen molar-refractivity contribution >= 4 is 0 Å². The maximum Gasteiger partial charge on any atom is 0.0917 e. The van der Waals surface area contributed by atoms with Crippen molar-refractivity contribution in [2.24, 2.45) is 0 Å². The molecule has 1 saturated heterocycles. The molecule has 1 aliphatic heterocycles. The van der Waals surface area contributed by atoms with Gasteiger partial charge in [0.2, 0.25) is 0 Å². The minimum atomic E-state index is -0.623. The van der Waals surface area contributed by atoms with Crippen molar-refractivity contribution < 1.29 is 5.11 Å². The quantitative estimate of drug-likeness (QED) is 0.606. The van der Waals surface area contributed by atoms with Crippen LogP contribution in [0.1, 0.15) is 19.8 Å². The van der Waals surface area contributed by atoms with Gasteiger partial charge in [-0.25, -0.2) is 0 Å². The average Bonchev–Trinajstić information content (AvgIpc) is 2.07. The third-order valence-electron chi connectivity index (χ3n) is 2.50. The molecule has 2 heteroatoms. The van der Waals surface area contributed by atoms with Gasteiger partial charge < -0.3 is 10.4 Å². The molecule has 0 aromatic rings. The largest absolute Gasteiger partial charge is 0.385 e. The van der Waals surface area contributed by atoms with Gasteiger partial charge in [0.1, 0.15) is 0 Å². The molecule has 2 N–H and O–H groups in total. The van der Waals surface area contributed by atoms with Crippen LogP contribution in [0.15, 0.2) is 24.3 Å². The SMILES string of the molecule is C=C/C(=C/C)C1(O)CCNCC1. The fourth-order valence-corrected chi connectivity index (χ4v) is 1.71. The van der Waals surface area contributed by atoms with E-state index in [1.165, 1.54) is 0 Å². The van der Waals surface area contributed by atoms with Crippen LogP contribution in [0.25, 0.3) is 0 Å². The van der Waals surface area contributed by atoms with Crippen LogP contribution in [-0.2, 0) is 0 Å². The van der Waals surface area contributed by atoms with Crippen LogP contribution < -0.4 is 5.32 Å². The highest BCUT2D eigenvalue weighted by Gasteiger charge is 2.30. The predicted molar refractivity (Wildman–Crippen MR) is 51.0 cm³/mol. The molecule has 1 heterocycles. The van der Waals surface area contributed by atoms with Gasteiger partial charge in [-0.2, -0.15) is 0 Å². The number of hydrogen-bond donors (Lipinski definition) is 2. The molecule has 1 aliphatic rings. The summed E-state index contributed by atoms with van der Waals surface area (Å²) < 4.78 is 0. The molecule has 1 rings (SSSR count). The van der Waals surface area contributed by atoms with E-state index in [2.05, 4.69) is 11.9 Å². The number of aliphatic hydroxyl groups is 1. The molecule has 0 aromatic heterocycles. The lowest BCUT2D eigenvalue weighted by molar-refractivity contribution is 0.0496. The monoisotopic (exact) mass is 167 g/mol. The van der Waals surface area contributed by atoms with Crippen LogP contribution in [0, 0.1) is 0 Å². The van der Waals surface area contributed by atoms with Crippen molar-refractivity contribution in [1.29, 1.82) is 0 Å². The van der Waals surface area contributed by atoms with E-state index >= 15 is 0 Å². The first-order valence-corrected chi connectivity index (χ1v) is 4.45. The molecule has 0 spiro atoms. The van der Waals surface area contributed by atoms with Gasteiger partial charge in [-0.15, -0.1) is 0 Å². The van der Waals surface area contributed by atoms with Gasteiger partial charge in [0.05, 0.1) is 5.60 Å². The third kappa shape index (κ3) is 1.76. The summed E-state index contributed by atoms with van der Waals surface area (Å²) in [6.45, 7) is 7.43. The van der Waals surface area contributed by atoms with E-state index in [9.17, 15) is 5.11 Å². The standard InChI is InChI=1S/C10H17NO/c1-3-9(4-2)10(12)5-7-11-8-6-10/h3-4,11-12H,1,5-8H2,2H3/b9-4-. The zero-order valence-corrected chi connectivity index (χ0v) is 7.64. The zero-order valence-electron chi connectivity index (χ0n) is 7.64. The number of rotatable bonds is 2. The molecule has 0 atom stereocenters. The summed E-state index contributed by atoms with van der Waals surface area (Å²) >= 11 is 0. The zero-order chi connectivity index (χ0) is 9.03. The molecule has 0 aliphatic carbocycles. The summed E-state index contributed by atoms with van der Waals surface area (Å²) in [6, 6.07) is 0. The number of allylic oxidation sites excluding steroid dienone is 1. The Morgan fingerprint density at radius 3 is 2.50 bits per heavy atom. The van der Waals surface area contributed by atoms with E-state index in [1.54, 1.807) is 6.08 Å². The lowest BCUT2D eigenvalue weighted by atomic mass is 9.84. The van der Waals surface area contributed by atoms with Gasteiger partial charge in [0.15, 0.2) is 0 Å². The first kappa shape index (κ1) is 9.49. The average molecular weight is 167 g/mol. The van der Waals surface area contributed by atoms with Gasteiger partial charge in [0.25, 0.3) is 0 Å². The Bertz CT molecular complexity index is 190. The third-order valence-corrected chi connectivity index (χ3v) is 2.50. The van der Waals surface area contributed by atoms with Crippen LogP contribution in [0.3, 0.4) is 0 Å². The summed E-state index contributed by atoms with van der Waals surface area (Å²) in [5.41, 5.74) is 0.339. The Morgan fingerprint density at radius 2 is 2.08 bits per heavy atom. The molecule has 0 aromatic carbocycles. The fraction of sp³-hybridized carbons (Fsp3) is 0.600. The number of piperidine rings is 1. The Labute approximate surface area is 74.0 Å². The van der Waals surface area contributed by atoms with Crippen molar-refractivity contribution in [3.63, 3.8) is 0 Å². The first-order valence-electron chi connectivity index (χ1n) is 4.45. The van der Waals surface area contributed by atoms with Crippen LogP contribution in [0.2, 0.25) is 0 Å². The summed E-state index contributed by atoms with van der Waals surface area (Å²) in [5, 5.41) is 13.4. The van der Waals surface area contributed by atoms with Crippen LogP contribution >= 0.6 is 0 Å². The highest BCUT2D eigenvalue weighted by molar-refractivity contribution is 5.27. The molecule has 0 amide bonds. The molecule has 0 unspecified atom stereocenters. The van der Waals surface area contributed by atoms with Crippen LogP contribution in [0.5, 0.6) is 0 Å². The molecule has 0 radical (unpaired) electrons. The van der Waals surface area contributed by atoms with Crippen molar-refractivity contribution in [1.82, 2.24) is 5.32 Å². The molecule has 0 saturated carbocycles. The normalized spacial score (nSPS) is 23.7. The van der Waals surface area contributed by atoms with Gasteiger partial charge in [0, 0.05) is 0 Å². The van der Waals surface area contributed by atoms with Gasteiger partial charge >= 0.3 is 0 Å². The summed E-state index contributed by atoms with van der Waals surface area (Å²) in [4.78, 5) is 0. The second-order valence-electron chi connectivity index (χ2n) is 3.23. The molecule has 0 bridgehead atoms. The molecular formula is C10H17NO. The van der Waals surface area contributed by atoms with E-state index in [4.69, 9.17) is 0 Å². The Balaban J connectivity index is 2.74. The van der Waals surface area contributed by atoms with Crippen LogP contribution in [0.4, 0.5) is 0 Å². The predicted octanol–water partition coefficient (Wildman–Crippen LogP) is 1.23. The van der Waals surface area contributed by atoms with Crippen molar-refractivity contribution in [3.05, 3.63) is 24.3 Å². The molecule has 1 fully saturated rings.